The Morgan fingerprint density at radius 3 is 1.97 bits per heavy atom. The monoisotopic (exact) mass is 431 g/mol. The van der Waals surface area contributed by atoms with Crippen LogP contribution in [0, 0.1) is 0 Å². The summed E-state index contributed by atoms with van der Waals surface area (Å²) < 4.78 is 31.1. The van der Waals surface area contributed by atoms with Crippen molar-refractivity contribution in [3.63, 3.8) is 0 Å². The van der Waals surface area contributed by atoms with Crippen molar-refractivity contribution in [2.45, 2.75) is 0 Å². The molecule has 0 atom stereocenters. The third-order valence-corrected chi connectivity index (χ3v) is 4.11. The molecule has 0 radical (unpaired) electrons. The van der Waals surface area contributed by atoms with Gasteiger partial charge in [0.25, 0.3) is 5.91 Å². The molecule has 0 unspecified atom stereocenters. The zero-order valence-electron chi connectivity index (χ0n) is 18.0. The molecular weight excluding hydrogens is 406 g/mol. The minimum absolute atomic E-state index is 0.441. The molecule has 0 aliphatic heterocycles. The molecule has 2 rings (SSSR count). The zero-order valence-corrected chi connectivity index (χ0v) is 18.0. The second-order valence-corrected chi connectivity index (χ2v) is 6.02. The maximum atomic E-state index is 12.1. The fraction of sp³-hybridized carbons (Fsp3) is 0.273. The number of hydrogen-bond acceptors (Lipinski definition) is 8. The number of nitrogens with one attached hydrogen (secondary N) is 1. The van der Waals surface area contributed by atoms with E-state index < -0.39 is 18.5 Å². The van der Waals surface area contributed by atoms with Gasteiger partial charge < -0.3 is 33.7 Å². The van der Waals surface area contributed by atoms with E-state index in [1.165, 1.54) is 47.7 Å². The van der Waals surface area contributed by atoms with Crippen LogP contribution < -0.4 is 29.0 Å². The molecule has 31 heavy (non-hydrogen) atoms. The van der Waals surface area contributed by atoms with Gasteiger partial charge in [-0.05, 0) is 35.9 Å². The van der Waals surface area contributed by atoms with Gasteiger partial charge in [0.1, 0.15) is 0 Å². The molecule has 9 heteroatoms. The van der Waals surface area contributed by atoms with Crippen molar-refractivity contribution in [2.24, 2.45) is 0 Å². The number of carbonyl (C=O) groups excluding carboxylic acids is 2. The zero-order chi connectivity index (χ0) is 22.8. The van der Waals surface area contributed by atoms with Crippen LogP contribution in [0.1, 0.15) is 5.56 Å². The summed E-state index contributed by atoms with van der Waals surface area (Å²) in [4.78, 5) is 24.0. The summed E-state index contributed by atoms with van der Waals surface area (Å²) in [5, 5.41) is 2.62. The van der Waals surface area contributed by atoms with Gasteiger partial charge in [-0.3, -0.25) is 4.79 Å². The third kappa shape index (κ3) is 6.30. The molecule has 0 saturated carbocycles. The van der Waals surface area contributed by atoms with E-state index in [0.29, 0.717) is 40.0 Å². The first-order valence-corrected chi connectivity index (χ1v) is 9.12. The summed E-state index contributed by atoms with van der Waals surface area (Å²) >= 11 is 0. The summed E-state index contributed by atoms with van der Waals surface area (Å²) in [7, 11) is 7.50. The number of benzene rings is 2. The van der Waals surface area contributed by atoms with Gasteiger partial charge in [0.2, 0.25) is 5.75 Å². The lowest BCUT2D eigenvalue weighted by Crippen LogP contribution is -2.20. The molecule has 2 aromatic rings. The average molecular weight is 431 g/mol. The first-order valence-electron chi connectivity index (χ1n) is 9.12. The maximum absolute atomic E-state index is 12.1. The fourth-order valence-corrected chi connectivity index (χ4v) is 2.66. The Bertz CT molecular complexity index is 930. The molecule has 0 aliphatic carbocycles. The Balaban J connectivity index is 1.96. The molecule has 0 aliphatic rings. The van der Waals surface area contributed by atoms with Gasteiger partial charge in [-0.2, -0.15) is 0 Å². The Morgan fingerprint density at radius 2 is 1.42 bits per heavy atom. The highest BCUT2D eigenvalue weighted by Crippen LogP contribution is 2.38. The number of rotatable bonds is 10. The number of ether oxygens (including phenoxy) is 6. The second-order valence-electron chi connectivity index (χ2n) is 6.02. The first kappa shape index (κ1) is 23.4. The van der Waals surface area contributed by atoms with Gasteiger partial charge in [-0.15, -0.1) is 0 Å². The number of hydrogen-bond donors (Lipinski definition) is 1. The van der Waals surface area contributed by atoms with Gasteiger partial charge in [0.05, 0.1) is 35.5 Å². The van der Waals surface area contributed by atoms with Crippen LogP contribution in [0.5, 0.6) is 28.7 Å². The quantitative estimate of drug-likeness (QED) is 0.453. The Hall–Kier alpha value is -3.88. The van der Waals surface area contributed by atoms with Gasteiger partial charge in [0.15, 0.2) is 29.6 Å². The largest absolute Gasteiger partial charge is 0.493 e. The van der Waals surface area contributed by atoms with Crippen LogP contribution in [-0.2, 0) is 14.3 Å². The Labute approximate surface area is 180 Å². The van der Waals surface area contributed by atoms with Crippen molar-refractivity contribution >= 4 is 23.6 Å². The Morgan fingerprint density at radius 1 is 0.806 bits per heavy atom. The number of esters is 1. The van der Waals surface area contributed by atoms with Gasteiger partial charge >= 0.3 is 5.97 Å². The van der Waals surface area contributed by atoms with Gasteiger partial charge in [-0.25, -0.2) is 4.79 Å². The normalized spacial score (nSPS) is 10.4. The van der Waals surface area contributed by atoms with E-state index in [1.54, 1.807) is 30.3 Å². The van der Waals surface area contributed by atoms with Gasteiger partial charge in [0, 0.05) is 17.8 Å². The molecule has 1 amide bonds. The highest BCUT2D eigenvalue weighted by molar-refractivity contribution is 5.95. The number of methoxy groups -OCH3 is 5. The molecular formula is C22H25NO8. The van der Waals surface area contributed by atoms with E-state index >= 15 is 0 Å². The fourth-order valence-electron chi connectivity index (χ4n) is 2.66. The van der Waals surface area contributed by atoms with Crippen molar-refractivity contribution in [1.29, 1.82) is 0 Å². The van der Waals surface area contributed by atoms with Crippen LogP contribution in [0.4, 0.5) is 5.69 Å². The van der Waals surface area contributed by atoms with Crippen molar-refractivity contribution in [3.8, 4) is 28.7 Å². The summed E-state index contributed by atoms with van der Waals surface area (Å²) in [5.41, 5.74) is 1.10. The summed E-state index contributed by atoms with van der Waals surface area (Å²) in [6.45, 7) is -0.452. The Kier molecular flexibility index (Phi) is 8.56. The van der Waals surface area contributed by atoms with Crippen molar-refractivity contribution in [2.75, 3.05) is 47.5 Å². The SMILES string of the molecule is COc1ccc(NC(=O)COC(=O)C=Cc2cc(OC)c(OC)c(OC)c2)cc1OC. The summed E-state index contributed by atoms with van der Waals surface area (Å²) in [5.74, 6) is 1.15. The standard InChI is InChI=1S/C22H25NO8/c1-26-16-8-7-15(12-17(16)27-2)23-20(24)13-31-21(25)9-6-14-10-18(28-3)22(30-5)19(11-14)29-4/h6-12H,13H2,1-5H3,(H,23,24). The lowest BCUT2D eigenvalue weighted by Gasteiger charge is -2.12. The highest BCUT2D eigenvalue weighted by Gasteiger charge is 2.13. The van der Waals surface area contributed by atoms with E-state index in [9.17, 15) is 9.59 Å². The van der Waals surface area contributed by atoms with Crippen LogP contribution in [-0.4, -0.2) is 54.0 Å². The van der Waals surface area contributed by atoms with Crippen molar-refractivity contribution in [1.82, 2.24) is 0 Å². The highest BCUT2D eigenvalue weighted by atomic mass is 16.5. The molecule has 2 aromatic carbocycles. The van der Waals surface area contributed by atoms with Gasteiger partial charge in [-0.1, -0.05) is 0 Å². The second kappa shape index (κ2) is 11.3. The predicted molar refractivity (Wildman–Crippen MR) is 114 cm³/mol. The van der Waals surface area contributed by atoms with Crippen LogP contribution >= 0.6 is 0 Å². The van der Waals surface area contributed by atoms with Crippen LogP contribution in [0.2, 0.25) is 0 Å². The molecule has 1 N–H and O–H groups in total. The van der Waals surface area contributed by atoms with E-state index in [2.05, 4.69) is 5.32 Å². The first-order chi connectivity index (χ1) is 14.9. The van der Waals surface area contributed by atoms with Crippen molar-refractivity contribution < 1.29 is 38.0 Å². The predicted octanol–water partition coefficient (Wildman–Crippen LogP) is 2.92. The van der Waals surface area contributed by atoms with Crippen LogP contribution in [0.25, 0.3) is 6.08 Å². The van der Waals surface area contributed by atoms with E-state index in [1.807, 2.05) is 0 Å². The van der Waals surface area contributed by atoms with E-state index in [-0.39, 0.29) is 0 Å². The van der Waals surface area contributed by atoms with Crippen LogP contribution in [0.15, 0.2) is 36.4 Å². The summed E-state index contributed by atoms with van der Waals surface area (Å²) in [6.07, 6.45) is 2.71. The van der Waals surface area contributed by atoms with Crippen molar-refractivity contribution in [3.05, 3.63) is 42.0 Å². The van der Waals surface area contributed by atoms with Crippen LogP contribution in [0.3, 0.4) is 0 Å². The average Bonchev–Trinajstić information content (AvgIpc) is 2.80. The number of carbonyl (C=O) groups is 2. The molecule has 0 aromatic heterocycles. The van der Waals surface area contributed by atoms with E-state index in [0.717, 1.165) is 0 Å². The third-order valence-electron chi connectivity index (χ3n) is 4.11. The lowest BCUT2D eigenvalue weighted by molar-refractivity contribution is -0.142. The minimum Gasteiger partial charge on any atom is -0.493 e. The molecule has 9 nitrogen and oxygen atoms in total. The topological polar surface area (TPSA) is 102 Å². The molecule has 0 heterocycles. The number of amides is 1. The molecule has 166 valence electrons. The molecule has 0 bridgehead atoms. The minimum atomic E-state index is -0.684. The maximum Gasteiger partial charge on any atom is 0.331 e. The molecule has 0 spiro atoms. The smallest absolute Gasteiger partial charge is 0.331 e. The lowest BCUT2D eigenvalue weighted by atomic mass is 10.1. The van der Waals surface area contributed by atoms with E-state index in [4.69, 9.17) is 28.4 Å². The number of anilines is 1. The summed E-state index contributed by atoms with van der Waals surface area (Å²) in [6, 6.07) is 8.25. The molecule has 0 fully saturated rings. The molecule has 0 saturated heterocycles.